The monoisotopic (exact) mass is 228 g/mol. The summed E-state index contributed by atoms with van der Waals surface area (Å²) >= 11 is 0. The van der Waals surface area contributed by atoms with Gasteiger partial charge in [-0.2, -0.15) is 0 Å². The van der Waals surface area contributed by atoms with Crippen molar-refractivity contribution in [3.63, 3.8) is 0 Å². The summed E-state index contributed by atoms with van der Waals surface area (Å²) in [7, 11) is 1.67. The molecule has 0 spiro atoms. The molecular weight excluding hydrogens is 212 g/mol. The SMILES string of the molecule is COc1ccc(C(N)c2ccncc2)cc1C. The van der Waals surface area contributed by atoms with Crippen LogP contribution in [0.2, 0.25) is 0 Å². The lowest BCUT2D eigenvalue weighted by molar-refractivity contribution is 0.411. The fourth-order valence-electron chi connectivity index (χ4n) is 1.86. The molecule has 0 amide bonds. The number of nitrogens with two attached hydrogens (primary N) is 1. The molecule has 1 heterocycles. The minimum absolute atomic E-state index is 0.123. The summed E-state index contributed by atoms with van der Waals surface area (Å²) in [5.74, 6) is 0.885. The third-order valence-electron chi connectivity index (χ3n) is 2.84. The van der Waals surface area contributed by atoms with Crippen LogP contribution in [0.3, 0.4) is 0 Å². The van der Waals surface area contributed by atoms with Crippen LogP contribution in [0.4, 0.5) is 0 Å². The maximum atomic E-state index is 6.21. The first kappa shape index (κ1) is 11.6. The van der Waals surface area contributed by atoms with E-state index in [9.17, 15) is 0 Å². The number of ether oxygens (including phenoxy) is 1. The van der Waals surface area contributed by atoms with Crippen LogP contribution in [0.5, 0.6) is 5.75 Å². The molecule has 1 unspecified atom stereocenters. The molecule has 1 atom stereocenters. The Morgan fingerprint density at radius 3 is 2.41 bits per heavy atom. The van der Waals surface area contributed by atoms with Crippen molar-refractivity contribution in [2.45, 2.75) is 13.0 Å². The number of benzene rings is 1. The van der Waals surface area contributed by atoms with E-state index in [1.807, 2.05) is 31.2 Å². The van der Waals surface area contributed by atoms with E-state index in [1.165, 1.54) is 0 Å². The molecule has 2 aromatic rings. The summed E-state index contributed by atoms with van der Waals surface area (Å²) in [6.45, 7) is 2.02. The van der Waals surface area contributed by atoms with Gasteiger partial charge in [0, 0.05) is 12.4 Å². The lowest BCUT2D eigenvalue weighted by Crippen LogP contribution is -2.12. The Morgan fingerprint density at radius 1 is 1.12 bits per heavy atom. The Bertz CT molecular complexity index is 497. The van der Waals surface area contributed by atoms with Crippen molar-refractivity contribution in [1.82, 2.24) is 4.98 Å². The van der Waals surface area contributed by atoms with Crippen molar-refractivity contribution in [2.24, 2.45) is 5.73 Å². The first-order valence-electron chi connectivity index (χ1n) is 5.52. The second-order valence-electron chi connectivity index (χ2n) is 3.99. The number of rotatable bonds is 3. The fraction of sp³-hybridized carbons (Fsp3) is 0.214. The molecule has 0 fully saturated rings. The van der Waals surface area contributed by atoms with Crippen LogP contribution in [0, 0.1) is 6.92 Å². The maximum absolute atomic E-state index is 6.21. The van der Waals surface area contributed by atoms with Crippen molar-refractivity contribution in [2.75, 3.05) is 7.11 Å². The maximum Gasteiger partial charge on any atom is 0.121 e. The number of aryl methyl sites for hydroxylation is 1. The first-order valence-corrected chi connectivity index (χ1v) is 5.52. The number of methoxy groups -OCH3 is 1. The van der Waals surface area contributed by atoms with E-state index in [0.29, 0.717) is 0 Å². The van der Waals surface area contributed by atoms with Crippen LogP contribution in [-0.4, -0.2) is 12.1 Å². The van der Waals surface area contributed by atoms with E-state index < -0.39 is 0 Å². The molecule has 1 aromatic carbocycles. The van der Waals surface area contributed by atoms with Crippen molar-refractivity contribution < 1.29 is 4.74 Å². The van der Waals surface area contributed by atoms with Crippen molar-refractivity contribution >= 4 is 0 Å². The summed E-state index contributed by atoms with van der Waals surface area (Å²) in [4.78, 5) is 3.99. The molecule has 0 aliphatic rings. The zero-order chi connectivity index (χ0) is 12.3. The largest absolute Gasteiger partial charge is 0.496 e. The van der Waals surface area contributed by atoms with Gasteiger partial charge in [0.15, 0.2) is 0 Å². The normalized spacial score (nSPS) is 12.2. The summed E-state index contributed by atoms with van der Waals surface area (Å²) in [5.41, 5.74) is 9.44. The molecule has 88 valence electrons. The highest BCUT2D eigenvalue weighted by Gasteiger charge is 2.09. The van der Waals surface area contributed by atoms with Gasteiger partial charge in [0.05, 0.1) is 13.2 Å². The Hall–Kier alpha value is -1.87. The van der Waals surface area contributed by atoms with Gasteiger partial charge < -0.3 is 10.5 Å². The summed E-state index contributed by atoms with van der Waals surface area (Å²) in [5, 5.41) is 0. The Kier molecular flexibility index (Phi) is 3.40. The minimum Gasteiger partial charge on any atom is -0.496 e. The van der Waals surface area contributed by atoms with Crippen molar-refractivity contribution in [1.29, 1.82) is 0 Å². The second-order valence-corrected chi connectivity index (χ2v) is 3.99. The number of aromatic nitrogens is 1. The predicted octanol–water partition coefficient (Wildman–Crippen LogP) is 2.45. The third kappa shape index (κ3) is 2.45. The average Bonchev–Trinajstić information content (AvgIpc) is 2.39. The van der Waals surface area contributed by atoms with Crippen LogP contribution < -0.4 is 10.5 Å². The number of nitrogens with zero attached hydrogens (tertiary/aromatic N) is 1. The average molecular weight is 228 g/mol. The van der Waals surface area contributed by atoms with Gasteiger partial charge in [-0.3, -0.25) is 4.98 Å². The van der Waals surface area contributed by atoms with Gasteiger partial charge >= 0.3 is 0 Å². The molecule has 0 aliphatic carbocycles. The van der Waals surface area contributed by atoms with Crippen LogP contribution in [-0.2, 0) is 0 Å². The number of pyridine rings is 1. The molecule has 1 aromatic heterocycles. The van der Waals surface area contributed by atoms with Gasteiger partial charge in [-0.25, -0.2) is 0 Å². The highest BCUT2D eigenvalue weighted by atomic mass is 16.5. The lowest BCUT2D eigenvalue weighted by Gasteiger charge is -2.14. The van der Waals surface area contributed by atoms with Gasteiger partial charge in [0.25, 0.3) is 0 Å². The van der Waals surface area contributed by atoms with E-state index >= 15 is 0 Å². The predicted molar refractivity (Wildman–Crippen MR) is 68.0 cm³/mol. The van der Waals surface area contributed by atoms with E-state index in [0.717, 1.165) is 22.4 Å². The molecule has 0 saturated heterocycles. The topological polar surface area (TPSA) is 48.1 Å². The molecule has 3 nitrogen and oxygen atoms in total. The molecule has 0 saturated carbocycles. The Morgan fingerprint density at radius 2 is 1.82 bits per heavy atom. The van der Waals surface area contributed by atoms with Crippen LogP contribution in [0.15, 0.2) is 42.7 Å². The molecule has 17 heavy (non-hydrogen) atoms. The molecule has 0 radical (unpaired) electrons. The van der Waals surface area contributed by atoms with E-state index in [2.05, 4.69) is 11.1 Å². The highest BCUT2D eigenvalue weighted by Crippen LogP contribution is 2.24. The van der Waals surface area contributed by atoms with Crippen LogP contribution in [0.1, 0.15) is 22.7 Å². The fourth-order valence-corrected chi connectivity index (χ4v) is 1.86. The molecule has 0 aliphatic heterocycles. The van der Waals surface area contributed by atoms with E-state index in [-0.39, 0.29) is 6.04 Å². The minimum atomic E-state index is -0.123. The summed E-state index contributed by atoms with van der Waals surface area (Å²) in [6.07, 6.45) is 3.51. The van der Waals surface area contributed by atoms with Crippen molar-refractivity contribution in [3.05, 3.63) is 59.4 Å². The standard InChI is InChI=1S/C14H16N2O/c1-10-9-12(3-4-13(10)17-2)14(15)11-5-7-16-8-6-11/h3-9,14H,15H2,1-2H3. The molecular formula is C14H16N2O. The first-order chi connectivity index (χ1) is 8.22. The third-order valence-corrected chi connectivity index (χ3v) is 2.84. The molecule has 2 rings (SSSR count). The second kappa shape index (κ2) is 4.97. The van der Waals surface area contributed by atoms with E-state index in [4.69, 9.17) is 10.5 Å². The zero-order valence-corrected chi connectivity index (χ0v) is 10.1. The van der Waals surface area contributed by atoms with Crippen LogP contribution in [0.25, 0.3) is 0 Å². The summed E-state index contributed by atoms with van der Waals surface area (Å²) in [6, 6.07) is 9.75. The van der Waals surface area contributed by atoms with E-state index in [1.54, 1.807) is 19.5 Å². The van der Waals surface area contributed by atoms with Gasteiger partial charge in [-0.05, 0) is 41.8 Å². The molecule has 2 N–H and O–H groups in total. The summed E-state index contributed by atoms with van der Waals surface area (Å²) < 4.78 is 5.23. The van der Waals surface area contributed by atoms with Crippen LogP contribution >= 0.6 is 0 Å². The highest BCUT2D eigenvalue weighted by molar-refractivity contribution is 5.40. The van der Waals surface area contributed by atoms with Crippen molar-refractivity contribution in [3.8, 4) is 5.75 Å². The smallest absolute Gasteiger partial charge is 0.121 e. The molecule has 3 heteroatoms. The zero-order valence-electron chi connectivity index (χ0n) is 10.1. The molecule has 0 bridgehead atoms. The van der Waals surface area contributed by atoms with Gasteiger partial charge in [-0.15, -0.1) is 0 Å². The Balaban J connectivity index is 2.32. The lowest BCUT2D eigenvalue weighted by atomic mass is 9.99. The quantitative estimate of drug-likeness (QED) is 0.877. The van der Waals surface area contributed by atoms with Gasteiger partial charge in [-0.1, -0.05) is 12.1 Å². The Labute approximate surface area is 101 Å². The van der Waals surface area contributed by atoms with Gasteiger partial charge in [0.2, 0.25) is 0 Å². The number of hydrogen-bond donors (Lipinski definition) is 1. The van der Waals surface area contributed by atoms with Gasteiger partial charge in [0.1, 0.15) is 5.75 Å². The number of hydrogen-bond acceptors (Lipinski definition) is 3.